The molecule has 13 heteroatoms. The van der Waals surface area contributed by atoms with Gasteiger partial charge in [0.05, 0.1) is 44.3 Å². The molecule has 3 atom stereocenters. The van der Waals surface area contributed by atoms with Crippen LogP contribution in [0.5, 0.6) is 17.2 Å². The molecule has 1 heterocycles. The fraction of sp³-hybridized carbons (Fsp3) is 0.242. The van der Waals surface area contributed by atoms with Crippen LogP contribution < -0.4 is 14.2 Å². The highest BCUT2D eigenvalue weighted by Crippen LogP contribution is 2.58. The number of aryl methyl sites for hydroxylation is 1. The zero-order valence-electron chi connectivity index (χ0n) is 25.7. The second-order valence-corrected chi connectivity index (χ2v) is 12.3. The van der Waals surface area contributed by atoms with E-state index in [0.29, 0.717) is 5.56 Å². The van der Waals surface area contributed by atoms with Crippen molar-refractivity contribution in [1.82, 2.24) is 4.31 Å². The minimum absolute atomic E-state index is 0.0696. The molecule has 4 aromatic carbocycles. The minimum Gasteiger partial charge on any atom is -0.493 e. The summed E-state index contributed by atoms with van der Waals surface area (Å²) in [5.41, 5.74) is -0.693. The Morgan fingerprint density at radius 2 is 1.43 bits per heavy atom. The molecule has 5 rings (SSSR count). The molecule has 240 valence electrons. The number of carbonyl (C=O) groups is 1. The van der Waals surface area contributed by atoms with Gasteiger partial charge < -0.3 is 23.7 Å². The highest BCUT2D eigenvalue weighted by atomic mass is 32.2. The molecule has 0 N–H and O–H groups in total. The molecule has 1 saturated heterocycles. The van der Waals surface area contributed by atoms with Gasteiger partial charge in [0.25, 0.3) is 5.69 Å². The summed E-state index contributed by atoms with van der Waals surface area (Å²) in [6.07, 6.45) is -1.47. The number of nitro groups is 1. The van der Waals surface area contributed by atoms with Crippen LogP contribution in [-0.4, -0.2) is 52.1 Å². The van der Waals surface area contributed by atoms with Crippen LogP contribution in [0.1, 0.15) is 34.5 Å². The van der Waals surface area contributed by atoms with Crippen molar-refractivity contribution in [3.05, 3.63) is 123 Å². The Morgan fingerprint density at radius 3 is 1.93 bits per heavy atom. The van der Waals surface area contributed by atoms with Crippen molar-refractivity contribution in [2.45, 2.75) is 29.7 Å². The van der Waals surface area contributed by atoms with Gasteiger partial charge in [0.1, 0.15) is 0 Å². The Balaban J connectivity index is 1.90. The number of rotatable bonds is 10. The van der Waals surface area contributed by atoms with Gasteiger partial charge in [-0.25, -0.2) is 13.2 Å². The maximum atomic E-state index is 14.8. The van der Waals surface area contributed by atoms with Crippen molar-refractivity contribution in [3.8, 4) is 17.2 Å². The molecular formula is C33H32N2O10S. The van der Waals surface area contributed by atoms with Gasteiger partial charge in [-0.15, -0.1) is 0 Å². The summed E-state index contributed by atoms with van der Waals surface area (Å²) in [5.74, 6) is -0.194. The summed E-state index contributed by atoms with van der Waals surface area (Å²) in [7, 11) is 0.943. The summed E-state index contributed by atoms with van der Waals surface area (Å²) in [6.45, 7) is 1.82. The average Bonchev–Trinajstić information content (AvgIpc) is 3.46. The van der Waals surface area contributed by atoms with Crippen LogP contribution in [0, 0.1) is 17.0 Å². The molecule has 0 amide bonds. The van der Waals surface area contributed by atoms with E-state index < -0.39 is 38.8 Å². The van der Waals surface area contributed by atoms with Crippen LogP contribution in [0.15, 0.2) is 95.9 Å². The number of nitrogens with zero attached hydrogens (tertiary/aromatic N) is 2. The Labute approximate surface area is 266 Å². The van der Waals surface area contributed by atoms with E-state index >= 15 is 0 Å². The average molecular weight is 649 g/mol. The second kappa shape index (κ2) is 12.8. The number of esters is 1. The smallest absolute Gasteiger partial charge is 0.345 e. The maximum absolute atomic E-state index is 14.8. The highest BCUT2D eigenvalue weighted by molar-refractivity contribution is 7.89. The van der Waals surface area contributed by atoms with E-state index in [2.05, 4.69) is 0 Å². The Hall–Kier alpha value is -4.98. The monoisotopic (exact) mass is 648 g/mol. The lowest BCUT2D eigenvalue weighted by atomic mass is 9.83. The van der Waals surface area contributed by atoms with Gasteiger partial charge in [0.2, 0.25) is 21.4 Å². The van der Waals surface area contributed by atoms with E-state index in [9.17, 15) is 23.3 Å². The van der Waals surface area contributed by atoms with Crippen molar-refractivity contribution in [3.63, 3.8) is 0 Å². The predicted octanol–water partition coefficient (Wildman–Crippen LogP) is 5.46. The molecule has 4 aromatic rings. The van der Waals surface area contributed by atoms with Gasteiger partial charge >= 0.3 is 5.97 Å². The molecule has 1 aliphatic rings. The van der Waals surface area contributed by atoms with Crippen molar-refractivity contribution in [2.24, 2.45) is 0 Å². The number of nitro benzene ring substituents is 1. The van der Waals surface area contributed by atoms with E-state index in [1.165, 1.54) is 77.0 Å². The first-order chi connectivity index (χ1) is 22.0. The number of hydrogen-bond acceptors (Lipinski definition) is 10. The second-order valence-electron chi connectivity index (χ2n) is 10.4. The Bertz CT molecular complexity index is 1820. The number of carbonyl (C=O) groups excluding carboxylic acids is 1. The van der Waals surface area contributed by atoms with Gasteiger partial charge in [-0.05, 0) is 42.3 Å². The van der Waals surface area contributed by atoms with Crippen molar-refractivity contribution in [1.29, 1.82) is 0 Å². The lowest BCUT2D eigenvalue weighted by Crippen LogP contribution is -2.45. The number of sulfonamides is 1. The number of hydrogen-bond donors (Lipinski definition) is 0. The zero-order valence-corrected chi connectivity index (χ0v) is 26.5. The molecule has 0 unspecified atom stereocenters. The molecule has 0 radical (unpaired) electrons. The fourth-order valence-corrected chi connectivity index (χ4v) is 7.35. The molecule has 0 aliphatic carbocycles. The van der Waals surface area contributed by atoms with Crippen LogP contribution in [0.2, 0.25) is 0 Å². The SMILES string of the molecule is COC(=O)[C@@]1(c2ccccc2)O[C@H](c2cc(OC)c(OC)c(OC)c2)N(S(=O)(=O)c2ccc(C)cc2)[C@@H]1c1ccc([N+](=O)[O-])cc1. The number of ether oxygens (including phenoxy) is 5. The molecule has 0 aromatic heterocycles. The maximum Gasteiger partial charge on any atom is 0.345 e. The standard InChI is InChI=1S/C33H32N2O10S/c1-21-11-17-26(18-12-21)46(39,40)34-30(22-13-15-25(16-14-22)35(37)38)33(32(36)44-5,24-9-7-6-8-10-24)45-31(34)23-19-27(41-2)29(43-4)28(20-23)42-3/h6-20,30-31H,1-5H3/t30-,31-,33+/m1/s1. The van der Waals surface area contributed by atoms with Crippen LogP contribution >= 0.6 is 0 Å². The molecule has 1 fully saturated rings. The molecule has 0 saturated carbocycles. The first-order valence-electron chi connectivity index (χ1n) is 14.0. The van der Waals surface area contributed by atoms with Crippen LogP contribution in [0.3, 0.4) is 0 Å². The third-order valence-electron chi connectivity index (χ3n) is 7.85. The first-order valence-corrected chi connectivity index (χ1v) is 15.4. The van der Waals surface area contributed by atoms with Gasteiger partial charge in [0, 0.05) is 17.7 Å². The van der Waals surface area contributed by atoms with E-state index in [0.717, 1.165) is 9.87 Å². The van der Waals surface area contributed by atoms with Crippen LogP contribution in [-0.2, 0) is 29.9 Å². The van der Waals surface area contributed by atoms with E-state index in [4.69, 9.17) is 23.7 Å². The number of benzene rings is 4. The van der Waals surface area contributed by atoms with E-state index in [-0.39, 0.29) is 39.0 Å². The molecule has 46 heavy (non-hydrogen) atoms. The lowest BCUT2D eigenvalue weighted by molar-refractivity contribution is -0.384. The highest BCUT2D eigenvalue weighted by Gasteiger charge is 2.64. The summed E-state index contributed by atoms with van der Waals surface area (Å²) in [6, 6.07) is 21.5. The summed E-state index contributed by atoms with van der Waals surface area (Å²) >= 11 is 0. The lowest BCUT2D eigenvalue weighted by Gasteiger charge is -2.34. The van der Waals surface area contributed by atoms with Gasteiger partial charge in [-0.3, -0.25) is 10.1 Å². The van der Waals surface area contributed by atoms with Crippen molar-refractivity contribution >= 4 is 21.7 Å². The predicted molar refractivity (Wildman–Crippen MR) is 166 cm³/mol. The number of non-ortho nitro benzene ring substituents is 1. The third kappa shape index (κ3) is 5.42. The van der Waals surface area contributed by atoms with Gasteiger partial charge in [0.15, 0.2) is 17.7 Å². The Kier molecular flexibility index (Phi) is 9.01. The molecular weight excluding hydrogens is 616 g/mol. The van der Waals surface area contributed by atoms with Crippen LogP contribution in [0.25, 0.3) is 0 Å². The molecule has 12 nitrogen and oxygen atoms in total. The summed E-state index contributed by atoms with van der Waals surface area (Å²) in [4.78, 5) is 25.0. The summed E-state index contributed by atoms with van der Waals surface area (Å²) in [5, 5.41) is 11.5. The zero-order chi connectivity index (χ0) is 33.2. The van der Waals surface area contributed by atoms with Crippen molar-refractivity contribution in [2.75, 3.05) is 28.4 Å². The summed E-state index contributed by atoms with van der Waals surface area (Å²) < 4.78 is 59.5. The fourth-order valence-electron chi connectivity index (χ4n) is 5.66. The molecule has 1 aliphatic heterocycles. The quantitative estimate of drug-likeness (QED) is 0.124. The van der Waals surface area contributed by atoms with E-state index in [1.807, 2.05) is 6.92 Å². The first kappa shape index (κ1) is 32.4. The topological polar surface area (TPSA) is 144 Å². The normalized spacial score (nSPS) is 19.8. The van der Waals surface area contributed by atoms with Crippen LogP contribution in [0.4, 0.5) is 5.69 Å². The molecule has 0 bridgehead atoms. The number of methoxy groups -OCH3 is 4. The van der Waals surface area contributed by atoms with Crippen molar-refractivity contribution < 1.29 is 41.8 Å². The van der Waals surface area contributed by atoms with Gasteiger partial charge in [-0.1, -0.05) is 60.2 Å². The largest absolute Gasteiger partial charge is 0.493 e. The minimum atomic E-state index is -4.50. The molecule has 0 spiro atoms. The Morgan fingerprint density at radius 1 is 0.848 bits per heavy atom. The van der Waals surface area contributed by atoms with Gasteiger partial charge in [-0.2, -0.15) is 4.31 Å². The third-order valence-corrected chi connectivity index (χ3v) is 9.67. The van der Waals surface area contributed by atoms with E-state index in [1.54, 1.807) is 42.5 Å².